The van der Waals surface area contributed by atoms with Crippen molar-refractivity contribution in [3.05, 3.63) is 146 Å². The molecule has 74 heavy (non-hydrogen) atoms. The van der Waals surface area contributed by atoms with Crippen molar-refractivity contribution in [3.8, 4) is 0 Å². The first-order valence-corrected chi connectivity index (χ1v) is 29.8. The van der Waals surface area contributed by atoms with E-state index in [1.54, 1.807) is 0 Å². The van der Waals surface area contributed by atoms with Gasteiger partial charge in [-0.2, -0.15) is 0 Å². The molecule has 1 atom stereocenters. The highest BCUT2D eigenvalue weighted by atomic mass is 16.6. The molecule has 0 aliphatic carbocycles. The van der Waals surface area contributed by atoms with Crippen molar-refractivity contribution >= 4 is 17.9 Å². The molecule has 0 aromatic carbocycles. The van der Waals surface area contributed by atoms with Gasteiger partial charge in [0.05, 0.1) is 0 Å². The van der Waals surface area contributed by atoms with Gasteiger partial charge in [-0.05, 0) is 135 Å². The molecule has 416 valence electrons. The van der Waals surface area contributed by atoms with Gasteiger partial charge in [0.15, 0.2) is 6.10 Å². The lowest BCUT2D eigenvalue weighted by atomic mass is 10.1. The number of carbonyl (C=O) groups is 3. The van der Waals surface area contributed by atoms with Crippen LogP contribution in [-0.4, -0.2) is 37.2 Å². The van der Waals surface area contributed by atoms with Crippen molar-refractivity contribution in [2.75, 3.05) is 13.2 Å². The molecule has 0 rings (SSSR count). The number of esters is 3. The van der Waals surface area contributed by atoms with Crippen molar-refractivity contribution in [2.45, 2.75) is 252 Å². The van der Waals surface area contributed by atoms with Gasteiger partial charge in [-0.1, -0.05) is 237 Å². The van der Waals surface area contributed by atoms with Gasteiger partial charge in [-0.15, -0.1) is 0 Å². The SMILES string of the molecule is CC/C=C\C/C=C\C/C=C\C/C=C\C/C=C\C/C=C\CCCCCCC(=O)OCC(COC(=O)CCCCCCC/C=C\CCC)OC(=O)CCCCCCCCC/C=C\C/C=C\C/C=C\C/C=C\C/C=C\CC. The first-order valence-electron chi connectivity index (χ1n) is 29.8. The number of unbranched alkanes of at least 4 members (excludes halogenated alkanes) is 17. The van der Waals surface area contributed by atoms with Gasteiger partial charge in [0.2, 0.25) is 0 Å². The number of allylic oxidation sites excluding steroid dienone is 24. The first-order chi connectivity index (χ1) is 36.5. The monoisotopic (exact) mass is 1020 g/mol. The third-order valence-corrected chi connectivity index (χ3v) is 12.0. The molecule has 0 aliphatic heterocycles. The van der Waals surface area contributed by atoms with Crippen LogP contribution in [0.25, 0.3) is 0 Å². The maximum atomic E-state index is 12.9. The van der Waals surface area contributed by atoms with Crippen molar-refractivity contribution in [2.24, 2.45) is 0 Å². The molecule has 0 saturated carbocycles. The summed E-state index contributed by atoms with van der Waals surface area (Å²) in [4.78, 5) is 38.2. The van der Waals surface area contributed by atoms with E-state index in [-0.39, 0.29) is 31.1 Å². The lowest BCUT2D eigenvalue weighted by Crippen LogP contribution is -2.30. The fourth-order valence-electron chi connectivity index (χ4n) is 7.65. The van der Waals surface area contributed by atoms with Gasteiger partial charge < -0.3 is 14.2 Å². The molecule has 0 N–H and O–H groups in total. The number of hydrogen-bond acceptors (Lipinski definition) is 6. The number of rotatable bonds is 52. The average molecular weight is 1020 g/mol. The quantitative estimate of drug-likeness (QED) is 0.0261. The average Bonchev–Trinajstić information content (AvgIpc) is 3.40. The fourth-order valence-corrected chi connectivity index (χ4v) is 7.65. The summed E-state index contributed by atoms with van der Waals surface area (Å²) in [6.45, 7) is 6.30. The van der Waals surface area contributed by atoms with Crippen LogP contribution >= 0.6 is 0 Å². The topological polar surface area (TPSA) is 78.9 Å². The summed E-state index contributed by atoms with van der Waals surface area (Å²) in [5, 5.41) is 0. The van der Waals surface area contributed by atoms with E-state index in [2.05, 4.69) is 167 Å². The van der Waals surface area contributed by atoms with Gasteiger partial charge >= 0.3 is 17.9 Å². The highest BCUT2D eigenvalue weighted by Gasteiger charge is 2.19. The molecule has 0 bridgehead atoms. The molecule has 0 aromatic heterocycles. The third-order valence-electron chi connectivity index (χ3n) is 12.0. The Hall–Kier alpha value is -4.71. The van der Waals surface area contributed by atoms with Crippen LogP contribution in [0.4, 0.5) is 0 Å². The molecule has 0 aromatic rings. The summed E-state index contributed by atoms with van der Waals surface area (Å²) in [5.74, 6) is -0.953. The third kappa shape index (κ3) is 58.2. The molecule has 0 aliphatic rings. The molecular formula is C68H108O6. The molecule has 0 radical (unpaired) electrons. The summed E-state index contributed by atoms with van der Waals surface area (Å²) < 4.78 is 16.8. The second kappa shape index (κ2) is 60.8. The van der Waals surface area contributed by atoms with Crippen molar-refractivity contribution in [1.82, 2.24) is 0 Å². The van der Waals surface area contributed by atoms with E-state index in [4.69, 9.17) is 14.2 Å². The van der Waals surface area contributed by atoms with Crippen LogP contribution in [0, 0.1) is 0 Å². The Balaban J connectivity index is 4.40. The summed E-state index contributed by atoms with van der Waals surface area (Å²) in [5.41, 5.74) is 0. The van der Waals surface area contributed by atoms with E-state index in [1.807, 2.05) is 0 Å². The normalized spacial score (nSPS) is 13.2. The van der Waals surface area contributed by atoms with Crippen LogP contribution in [0.3, 0.4) is 0 Å². The minimum absolute atomic E-state index is 0.101. The lowest BCUT2D eigenvalue weighted by Gasteiger charge is -2.18. The Morgan fingerprint density at radius 2 is 0.527 bits per heavy atom. The molecule has 0 amide bonds. The van der Waals surface area contributed by atoms with Crippen LogP contribution < -0.4 is 0 Å². The molecule has 0 heterocycles. The zero-order valence-corrected chi connectivity index (χ0v) is 47.5. The van der Waals surface area contributed by atoms with E-state index in [0.29, 0.717) is 19.3 Å². The minimum atomic E-state index is -0.805. The zero-order chi connectivity index (χ0) is 53.6. The summed E-state index contributed by atoms with van der Waals surface area (Å²) in [7, 11) is 0. The highest BCUT2D eigenvalue weighted by molar-refractivity contribution is 5.71. The summed E-state index contributed by atoms with van der Waals surface area (Å²) in [6.07, 6.45) is 87.0. The fraction of sp³-hybridized carbons (Fsp3) is 0.603. The Morgan fingerprint density at radius 3 is 0.838 bits per heavy atom. The zero-order valence-electron chi connectivity index (χ0n) is 47.5. The van der Waals surface area contributed by atoms with Crippen molar-refractivity contribution in [3.63, 3.8) is 0 Å². The highest BCUT2D eigenvalue weighted by Crippen LogP contribution is 2.14. The van der Waals surface area contributed by atoms with Gasteiger partial charge in [0.25, 0.3) is 0 Å². The number of hydrogen-bond donors (Lipinski definition) is 0. The molecule has 6 heteroatoms. The molecule has 0 saturated heterocycles. The van der Waals surface area contributed by atoms with Crippen LogP contribution in [0.15, 0.2) is 146 Å². The predicted molar refractivity (Wildman–Crippen MR) is 320 cm³/mol. The van der Waals surface area contributed by atoms with E-state index >= 15 is 0 Å². The van der Waals surface area contributed by atoms with Crippen LogP contribution in [0.5, 0.6) is 0 Å². The van der Waals surface area contributed by atoms with Gasteiger partial charge in [0.1, 0.15) is 13.2 Å². The van der Waals surface area contributed by atoms with Crippen LogP contribution in [0.2, 0.25) is 0 Å². The maximum absolute atomic E-state index is 12.9. The second-order valence-corrected chi connectivity index (χ2v) is 19.1. The van der Waals surface area contributed by atoms with Gasteiger partial charge in [-0.3, -0.25) is 14.4 Å². The number of carbonyl (C=O) groups excluding carboxylic acids is 3. The summed E-state index contributed by atoms with van der Waals surface area (Å²) in [6, 6.07) is 0. The lowest BCUT2D eigenvalue weighted by molar-refractivity contribution is -0.167. The molecule has 1 unspecified atom stereocenters. The molecular weight excluding hydrogens is 913 g/mol. The summed E-state index contributed by atoms with van der Waals surface area (Å²) >= 11 is 0. The largest absolute Gasteiger partial charge is 0.462 e. The van der Waals surface area contributed by atoms with E-state index in [9.17, 15) is 14.4 Å². The van der Waals surface area contributed by atoms with E-state index < -0.39 is 6.10 Å². The second-order valence-electron chi connectivity index (χ2n) is 19.1. The Labute approximate surface area is 455 Å². The molecule has 0 spiro atoms. The molecule has 0 fully saturated rings. The first kappa shape index (κ1) is 69.3. The van der Waals surface area contributed by atoms with Crippen LogP contribution in [0.1, 0.15) is 245 Å². The van der Waals surface area contributed by atoms with Gasteiger partial charge in [-0.25, -0.2) is 0 Å². The smallest absolute Gasteiger partial charge is 0.306 e. The molecule has 6 nitrogen and oxygen atoms in total. The minimum Gasteiger partial charge on any atom is -0.462 e. The van der Waals surface area contributed by atoms with Gasteiger partial charge in [0, 0.05) is 19.3 Å². The van der Waals surface area contributed by atoms with Crippen LogP contribution in [-0.2, 0) is 28.6 Å². The Bertz CT molecular complexity index is 1640. The van der Waals surface area contributed by atoms with E-state index in [1.165, 1.54) is 32.1 Å². The van der Waals surface area contributed by atoms with Crippen molar-refractivity contribution in [1.29, 1.82) is 0 Å². The predicted octanol–water partition coefficient (Wildman–Crippen LogP) is 20.4. The Morgan fingerprint density at radius 1 is 0.284 bits per heavy atom. The standard InChI is InChI=1S/C68H108O6/c1-4-7-10-13-16-19-22-24-26-28-30-32-34-36-38-40-42-44-46-49-52-55-58-61-67(70)73-64-65(63-72-66(69)60-57-54-51-48-21-18-15-12-9-6-3)74-68(71)62-59-56-53-50-47-45-43-41-39-37-35-33-31-29-27-25-23-20-17-14-11-8-5-2/h7-8,10-12,15-17,19-20,24-27,30-33,36-39,42,44,65H,4-6,9,13-14,18,21-23,28-29,34-35,40-41,43,45-64H2,1-3H3/b10-7-,11-8-,15-12-,19-16-,20-17-,26-24-,27-25-,32-30-,33-31-,38-36-,39-37-,44-42-. The Kier molecular flexibility index (Phi) is 57.0. The van der Waals surface area contributed by atoms with E-state index in [0.717, 1.165) is 173 Å². The maximum Gasteiger partial charge on any atom is 0.306 e. The van der Waals surface area contributed by atoms with Crippen molar-refractivity contribution < 1.29 is 28.6 Å². The number of ether oxygens (including phenoxy) is 3.